The molecule has 1 aliphatic heterocycles. The van der Waals surface area contributed by atoms with Crippen molar-refractivity contribution in [3.8, 4) is 0 Å². The maximum atomic E-state index is 8.57. The van der Waals surface area contributed by atoms with Gasteiger partial charge in [-0.05, 0) is 19.4 Å². The molecule has 1 aliphatic rings. The molecule has 0 aromatic heterocycles. The number of hydrogen-bond acceptors (Lipinski definition) is 4. The zero-order chi connectivity index (χ0) is 10.4. The number of nitrogens with two attached hydrogens (primary N) is 1. The number of piperidine rings is 1. The van der Waals surface area contributed by atoms with Crippen molar-refractivity contribution in [2.45, 2.75) is 12.8 Å². The van der Waals surface area contributed by atoms with E-state index in [1.165, 1.54) is 0 Å². The molecule has 1 fully saturated rings. The SMILES string of the molecule is COCCN1CCCC(C(N)=NO)C1. The van der Waals surface area contributed by atoms with Crippen molar-refractivity contribution >= 4 is 5.84 Å². The van der Waals surface area contributed by atoms with Gasteiger partial charge in [0.15, 0.2) is 0 Å². The maximum absolute atomic E-state index is 8.57. The minimum Gasteiger partial charge on any atom is -0.409 e. The average Bonchev–Trinajstić information content (AvgIpc) is 2.25. The molecule has 14 heavy (non-hydrogen) atoms. The summed E-state index contributed by atoms with van der Waals surface area (Å²) in [4.78, 5) is 2.29. The Morgan fingerprint density at radius 1 is 1.71 bits per heavy atom. The summed E-state index contributed by atoms with van der Waals surface area (Å²) in [5.74, 6) is 0.553. The van der Waals surface area contributed by atoms with Gasteiger partial charge in [-0.2, -0.15) is 0 Å². The van der Waals surface area contributed by atoms with Crippen LogP contribution in [0.5, 0.6) is 0 Å². The van der Waals surface area contributed by atoms with E-state index in [0.717, 1.165) is 39.1 Å². The molecular weight excluding hydrogens is 182 g/mol. The largest absolute Gasteiger partial charge is 0.409 e. The van der Waals surface area contributed by atoms with Crippen LogP contribution in [-0.2, 0) is 4.74 Å². The molecule has 3 N–H and O–H groups in total. The van der Waals surface area contributed by atoms with Crippen LogP contribution >= 0.6 is 0 Å². The molecule has 1 atom stereocenters. The fourth-order valence-electron chi connectivity index (χ4n) is 1.80. The second kappa shape index (κ2) is 5.82. The summed E-state index contributed by atoms with van der Waals surface area (Å²) in [6, 6.07) is 0. The maximum Gasteiger partial charge on any atom is 0.143 e. The first-order chi connectivity index (χ1) is 6.77. The predicted molar refractivity (Wildman–Crippen MR) is 54.4 cm³/mol. The number of hydrogen-bond donors (Lipinski definition) is 2. The van der Waals surface area contributed by atoms with Crippen molar-refractivity contribution in [2.75, 3.05) is 33.4 Å². The smallest absolute Gasteiger partial charge is 0.143 e. The number of amidine groups is 1. The molecule has 0 aromatic carbocycles. The molecule has 5 heteroatoms. The number of likely N-dealkylation sites (tertiary alicyclic amines) is 1. The van der Waals surface area contributed by atoms with Gasteiger partial charge in [-0.3, -0.25) is 0 Å². The lowest BCUT2D eigenvalue weighted by atomic mass is 9.97. The molecule has 0 aromatic rings. The lowest BCUT2D eigenvalue weighted by Gasteiger charge is -2.31. The Bertz CT molecular complexity index is 196. The van der Waals surface area contributed by atoms with E-state index < -0.39 is 0 Å². The van der Waals surface area contributed by atoms with Gasteiger partial charge in [0.1, 0.15) is 5.84 Å². The average molecular weight is 201 g/mol. The number of methoxy groups -OCH3 is 1. The van der Waals surface area contributed by atoms with Crippen LogP contribution in [0.4, 0.5) is 0 Å². The van der Waals surface area contributed by atoms with E-state index in [1.54, 1.807) is 7.11 Å². The fraction of sp³-hybridized carbons (Fsp3) is 0.889. The van der Waals surface area contributed by atoms with Crippen LogP contribution in [0.3, 0.4) is 0 Å². The minimum atomic E-state index is 0.200. The van der Waals surface area contributed by atoms with E-state index in [1.807, 2.05) is 0 Å². The molecule has 0 saturated carbocycles. The first kappa shape index (κ1) is 11.3. The summed E-state index contributed by atoms with van der Waals surface area (Å²) < 4.78 is 5.01. The van der Waals surface area contributed by atoms with Crippen molar-refractivity contribution in [3.63, 3.8) is 0 Å². The molecule has 1 unspecified atom stereocenters. The highest BCUT2D eigenvalue weighted by Crippen LogP contribution is 2.15. The topological polar surface area (TPSA) is 71.1 Å². The Labute approximate surface area is 84.5 Å². The van der Waals surface area contributed by atoms with Crippen LogP contribution in [0.1, 0.15) is 12.8 Å². The molecule has 82 valence electrons. The van der Waals surface area contributed by atoms with Crippen molar-refractivity contribution in [2.24, 2.45) is 16.8 Å². The number of rotatable bonds is 4. The summed E-state index contributed by atoms with van der Waals surface area (Å²) in [6.45, 7) is 3.62. The normalized spacial score (nSPS) is 25.2. The third kappa shape index (κ3) is 3.16. The second-order valence-corrected chi connectivity index (χ2v) is 3.66. The van der Waals surface area contributed by atoms with Crippen LogP contribution in [-0.4, -0.2) is 49.3 Å². The van der Waals surface area contributed by atoms with Crippen molar-refractivity contribution in [1.29, 1.82) is 0 Å². The number of ether oxygens (including phenoxy) is 1. The van der Waals surface area contributed by atoms with Gasteiger partial charge in [-0.25, -0.2) is 0 Å². The van der Waals surface area contributed by atoms with Crippen molar-refractivity contribution < 1.29 is 9.94 Å². The van der Waals surface area contributed by atoms with Crippen molar-refractivity contribution in [1.82, 2.24) is 4.90 Å². The third-order valence-electron chi connectivity index (χ3n) is 2.65. The van der Waals surface area contributed by atoms with E-state index >= 15 is 0 Å². The Balaban J connectivity index is 2.35. The minimum absolute atomic E-state index is 0.200. The Morgan fingerprint density at radius 3 is 3.14 bits per heavy atom. The second-order valence-electron chi connectivity index (χ2n) is 3.66. The number of nitrogens with zero attached hydrogens (tertiary/aromatic N) is 2. The van der Waals surface area contributed by atoms with Crippen LogP contribution in [0.15, 0.2) is 5.16 Å². The quantitative estimate of drug-likeness (QED) is 0.293. The zero-order valence-electron chi connectivity index (χ0n) is 8.65. The Kier molecular flexibility index (Phi) is 4.69. The van der Waals surface area contributed by atoms with Crippen LogP contribution in [0.2, 0.25) is 0 Å². The van der Waals surface area contributed by atoms with Gasteiger partial charge in [0.25, 0.3) is 0 Å². The highest BCUT2D eigenvalue weighted by atomic mass is 16.5. The molecule has 0 aliphatic carbocycles. The lowest BCUT2D eigenvalue weighted by Crippen LogP contribution is -2.42. The molecule has 0 amide bonds. The van der Waals surface area contributed by atoms with E-state index in [9.17, 15) is 0 Å². The van der Waals surface area contributed by atoms with Gasteiger partial charge in [0.2, 0.25) is 0 Å². The van der Waals surface area contributed by atoms with E-state index in [2.05, 4.69) is 10.1 Å². The van der Waals surface area contributed by atoms with E-state index in [4.69, 9.17) is 15.7 Å². The fourth-order valence-corrected chi connectivity index (χ4v) is 1.80. The summed E-state index contributed by atoms with van der Waals surface area (Å²) in [5, 5.41) is 11.6. The molecule has 1 rings (SSSR count). The first-order valence-corrected chi connectivity index (χ1v) is 4.96. The Hall–Kier alpha value is -0.810. The molecule has 5 nitrogen and oxygen atoms in total. The van der Waals surface area contributed by atoms with Gasteiger partial charge in [0.05, 0.1) is 6.61 Å². The van der Waals surface area contributed by atoms with Gasteiger partial charge in [0, 0.05) is 26.1 Å². The van der Waals surface area contributed by atoms with Crippen molar-refractivity contribution in [3.05, 3.63) is 0 Å². The molecular formula is C9H19N3O2. The van der Waals surface area contributed by atoms with Gasteiger partial charge < -0.3 is 20.6 Å². The summed E-state index contributed by atoms with van der Waals surface area (Å²) in [6.07, 6.45) is 2.12. The molecule has 1 saturated heterocycles. The van der Waals surface area contributed by atoms with Crippen LogP contribution in [0, 0.1) is 5.92 Å². The van der Waals surface area contributed by atoms with E-state index in [0.29, 0.717) is 5.84 Å². The highest BCUT2D eigenvalue weighted by Gasteiger charge is 2.22. The summed E-state index contributed by atoms with van der Waals surface area (Å²) in [5.41, 5.74) is 5.58. The first-order valence-electron chi connectivity index (χ1n) is 4.96. The number of oxime groups is 1. The van der Waals surface area contributed by atoms with Gasteiger partial charge >= 0.3 is 0 Å². The standard InChI is InChI=1S/C9H19N3O2/c1-14-6-5-12-4-2-3-8(7-12)9(10)11-13/h8,13H,2-7H2,1H3,(H2,10,11). The van der Waals surface area contributed by atoms with Crippen LogP contribution in [0.25, 0.3) is 0 Å². The molecule has 0 bridgehead atoms. The Morgan fingerprint density at radius 2 is 2.50 bits per heavy atom. The summed E-state index contributed by atoms with van der Waals surface area (Å²) in [7, 11) is 1.70. The molecule has 1 heterocycles. The van der Waals surface area contributed by atoms with Crippen LogP contribution < -0.4 is 5.73 Å². The van der Waals surface area contributed by atoms with Gasteiger partial charge in [-0.1, -0.05) is 5.16 Å². The highest BCUT2D eigenvalue weighted by molar-refractivity contribution is 5.82. The monoisotopic (exact) mass is 201 g/mol. The van der Waals surface area contributed by atoms with E-state index in [-0.39, 0.29) is 5.92 Å². The summed E-state index contributed by atoms with van der Waals surface area (Å²) >= 11 is 0. The third-order valence-corrected chi connectivity index (χ3v) is 2.65. The molecule has 0 spiro atoms. The predicted octanol–water partition coefficient (Wildman–Crippen LogP) is 0.0912. The zero-order valence-corrected chi connectivity index (χ0v) is 8.65. The van der Waals surface area contributed by atoms with Gasteiger partial charge in [-0.15, -0.1) is 0 Å². The lowest BCUT2D eigenvalue weighted by molar-refractivity contribution is 0.126. The molecule has 0 radical (unpaired) electrons.